The summed E-state index contributed by atoms with van der Waals surface area (Å²) < 4.78 is 18.6. The lowest BCUT2D eigenvalue weighted by atomic mass is 10.1. The monoisotopic (exact) mass is 490 g/mol. The molecule has 3 aromatic rings. The van der Waals surface area contributed by atoms with Crippen molar-refractivity contribution in [3.05, 3.63) is 100 Å². The minimum Gasteiger partial charge on any atom is -0.382 e. The Morgan fingerprint density at radius 2 is 1.80 bits per heavy atom. The molecule has 0 spiro atoms. The van der Waals surface area contributed by atoms with Gasteiger partial charge in [-0.2, -0.15) is 0 Å². The minimum atomic E-state index is -0.308. The van der Waals surface area contributed by atoms with E-state index in [1.54, 1.807) is 29.2 Å². The third-order valence-corrected chi connectivity index (χ3v) is 6.59. The van der Waals surface area contributed by atoms with Gasteiger partial charge in [-0.1, -0.05) is 48.2 Å². The molecule has 7 heteroatoms. The maximum absolute atomic E-state index is 13.4. The third kappa shape index (κ3) is 6.38. The van der Waals surface area contributed by atoms with Gasteiger partial charge >= 0.3 is 0 Å². The van der Waals surface area contributed by atoms with Crippen molar-refractivity contribution in [2.24, 2.45) is 0 Å². The highest BCUT2D eigenvalue weighted by molar-refractivity contribution is 8.04. The standard InChI is InChI=1S/C28H27FN2O3S/c1-2-34-17-5-16-30-27(32)22-12-8-20(9-13-22)18-26-28(33)31(19-21-10-14-23(29)15-11-21)24-6-3-4-7-25(24)35-26/h3-4,6-15,18H,2,5,16-17,19H2,1H3,(H,30,32)/b26-18-. The largest absolute Gasteiger partial charge is 0.382 e. The van der Waals surface area contributed by atoms with E-state index in [0.29, 0.717) is 36.8 Å². The Morgan fingerprint density at radius 3 is 2.54 bits per heavy atom. The van der Waals surface area contributed by atoms with Crippen molar-refractivity contribution < 1.29 is 18.7 Å². The zero-order valence-electron chi connectivity index (χ0n) is 19.5. The van der Waals surface area contributed by atoms with E-state index in [4.69, 9.17) is 4.74 Å². The smallest absolute Gasteiger partial charge is 0.265 e. The first kappa shape index (κ1) is 24.7. The van der Waals surface area contributed by atoms with E-state index in [0.717, 1.165) is 28.1 Å². The number of carbonyl (C=O) groups excluding carboxylic acids is 2. The molecule has 1 N–H and O–H groups in total. The number of hydrogen-bond donors (Lipinski definition) is 1. The third-order valence-electron chi connectivity index (χ3n) is 5.51. The first-order chi connectivity index (χ1) is 17.0. The number of nitrogens with one attached hydrogen (secondary N) is 1. The van der Waals surface area contributed by atoms with Crippen molar-refractivity contribution in [3.8, 4) is 0 Å². The molecular formula is C28H27FN2O3S. The quantitative estimate of drug-likeness (QED) is 0.311. The Labute approximate surface area is 209 Å². The van der Waals surface area contributed by atoms with Gasteiger partial charge in [0.05, 0.1) is 17.1 Å². The van der Waals surface area contributed by atoms with Crippen molar-refractivity contribution >= 4 is 35.3 Å². The SMILES string of the molecule is CCOCCCNC(=O)c1ccc(/C=C2\Sc3ccccc3N(Cc3ccc(F)cc3)C2=O)cc1. The molecule has 0 aromatic heterocycles. The van der Waals surface area contributed by atoms with Gasteiger partial charge in [-0.3, -0.25) is 9.59 Å². The minimum absolute atomic E-state index is 0.117. The Balaban J connectivity index is 1.49. The number of halogens is 1. The van der Waals surface area contributed by atoms with Gasteiger partial charge < -0.3 is 15.0 Å². The molecule has 0 radical (unpaired) electrons. The summed E-state index contributed by atoms with van der Waals surface area (Å²) >= 11 is 1.42. The van der Waals surface area contributed by atoms with Crippen LogP contribution >= 0.6 is 11.8 Å². The van der Waals surface area contributed by atoms with Gasteiger partial charge in [0.2, 0.25) is 0 Å². The van der Waals surface area contributed by atoms with Crippen LogP contribution in [0.1, 0.15) is 34.8 Å². The number of fused-ring (bicyclic) bond motifs is 1. The number of anilines is 1. The number of ether oxygens (including phenoxy) is 1. The molecule has 2 amide bonds. The van der Waals surface area contributed by atoms with Crippen LogP contribution < -0.4 is 10.2 Å². The highest BCUT2D eigenvalue weighted by Crippen LogP contribution is 2.42. The number of para-hydroxylation sites is 1. The van der Waals surface area contributed by atoms with Gasteiger partial charge in [-0.15, -0.1) is 0 Å². The van der Waals surface area contributed by atoms with Gasteiger partial charge in [0.25, 0.3) is 11.8 Å². The number of thioether (sulfide) groups is 1. The second-order valence-corrected chi connectivity index (χ2v) is 9.11. The number of hydrogen-bond acceptors (Lipinski definition) is 4. The molecule has 1 aliphatic heterocycles. The molecule has 0 fully saturated rings. The summed E-state index contributed by atoms with van der Waals surface area (Å²) in [5, 5.41) is 2.89. The van der Waals surface area contributed by atoms with Gasteiger partial charge in [-0.05, 0) is 66.9 Å². The van der Waals surface area contributed by atoms with Crippen LogP contribution in [0.2, 0.25) is 0 Å². The average Bonchev–Trinajstić information content (AvgIpc) is 2.88. The summed E-state index contributed by atoms with van der Waals surface area (Å²) in [6.07, 6.45) is 2.60. The van der Waals surface area contributed by atoms with Gasteiger partial charge in [0.1, 0.15) is 5.82 Å². The molecule has 4 rings (SSSR count). The lowest BCUT2D eigenvalue weighted by molar-refractivity contribution is -0.114. The molecule has 1 aliphatic rings. The molecule has 5 nitrogen and oxygen atoms in total. The lowest BCUT2D eigenvalue weighted by Crippen LogP contribution is -2.33. The fourth-order valence-corrected chi connectivity index (χ4v) is 4.76. The van der Waals surface area contributed by atoms with Crippen molar-refractivity contribution in [3.63, 3.8) is 0 Å². The Kier molecular flexibility index (Phi) is 8.34. The van der Waals surface area contributed by atoms with E-state index < -0.39 is 0 Å². The van der Waals surface area contributed by atoms with Crippen LogP contribution in [0, 0.1) is 5.82 Å². The first-order valence-corrected chi connectivity index (χ1v) is 12.4. The second-order valence-electron chi connectivity index (χ2n) is 8.02. The van der Waals surface area contributed by atoms with Gasteiger partial charge in [-0.25, -0.2) is 4.39 Å². The highest BCUT2D eigenvalue weighted by Gasteiger charge is 2.29. The Hall–Kier alpha value is -3.42. The topological polar surface area (TPSA) is 58.6 Å². The molecule has 0 saturated heterocycles. The van der Waals surface area contributed by atoms with Crippen LogP contribution in [0.3, 0.4) is 0 Å². The molecule has 0 unspecified atom stereocenters. The lowest BCUT2D eigenvalue weighted by Gasteiger charge is -2.30. The molecule has 3 aromatic carbocycles. The zero-order chi connectivity index (χ0) is 24.6. The summed E-state index contributed by atoms with van der Waals surface area (Å²) in [6, 6.07) is 21.1. The normalized spacial score (nSPS) is 14.2. The summed E-state index contributed by atoms with van der Waals surface area (Å²) in [5.74, 6) is -0.560. The highest BCUT2D eigenvalue weighted by atomic mass is 32.2. The fourth-order valence-electron chi connectivity index (χ4n) is 3.70. The summed E-state index contributed by atoms with van der Waals surface area (Å²) in [4.78, 5) is 29.0. The predicted octanol–water partition coefficient (Wildman–Crippen LogP) is 5.66. The molecule has 35 heavy (non-hydrogen) atoms. The van der Waals surface area contributed by atoms with Crippen LogP contribution in [0.15, 0.2) is 82.6 Å². The Morgan fingerprint density at radius 1 is 1.06 bits per heavy atom. The number of benzene rings is 3. The van der Waals surface area contributed by atoms with Crippen LogP contribution in [0.4, 0.5) is 10.1 Å². The summed E-state index contributed by atoms with van der Waals surface area (Å²) in [6.45, 7) is 4.13. The summed E-state index contributed by atoms with van der Waals surface area (Å²) in [5.41, 5.74) is 3.07. The predicted molar refractivity (Wildman–Crippen MR) is 138 cm³/mol. The molecule has 180 valence electrons. The van der Waals surface area contributed by atoms with E-state index in [1.807, 2.05) is 49.4 Å². The number of rotatable bonds is 9. The van der Waals surface area contributed by atoms with Crippen molar-refractivity contribution in [2.75, 3.05) is 24.7 Å². The molecule has 0 saturated carbocycles. The second kappa shape index (κ2) is 11.8. The van der Waals surface area contributed by atoms with Gasteiger partial charge in [0, 0.05) is 30.2 Å². The molecule has 0 atom stereocenters. The van der Waals surface area contributed by atoms with Gasteiger partial charge in [0.15, 0.2) is 0 Å². The first-order valence-electron chi connectivity index (χ1n) is 11.6. The van der Waals surface area contributed by atoms with Crippen molar-refractivity contribution in [1.29, 1.82) is 0 Å². The van der Waals surface area contributed by atoms with Crippen molar-refractivity contribution in [1.82, 2.24) is 5.32 Å². The van der Waals surface area contributed by atoms with E-state index in [-0.39, 0.29) is 17.6 Å². The Bertz CT molecular complexity index is 1210. The van der Waals surface area contributed by atoms with E-state index in [1.165, 1.54) is 23.9 Å². The number of nitrogens with zero attached hydrogens (tertiary/aromatic N) is 1. The molecule has 0 bridgehead atoms. The maximum atomic E-state index is 13.4. The van der Waals surface area contributed by atoms with E-state index in [2.05, 4.69) is 5.32 Å². The summed E-state index contributed by atoms with van der Waals surface area (Å²) in [7, 11) is 0. The molecule has 0 aliphatic carbocycles. The molecule has 1 heterocycles. The zero-order valence-corrected chi connectivity index (χ0v) is 20.3. The van der Waals surface area contributed by atoms with Crippen LogP contribution in [-0.4, -0.2) is 31.6 Å². The van der Waals surface area contributed by atoms with Crippen LogP contribution in [-0.2, 0) is 16.1 Å². The fraction of sp³-hybridized carbons (Fsp3) is 0.214. The number of amides is 2. The van der Waals surface area contributed by atoms with E-state index in [9.17, 15) is 14.0 Å². The van der Waals surface area contributed by atoms with Crippen LogP contribution in [0.25, 0.3) is 6.08 Å². The maximum Gasteiger partial charge on any atom is 0.265 e. The number of carbonyl (C=O) groups is 2. The van der Waals surface area contributed by atoms with Crippen molar-refractivity contribution in [2.45, 2.75) is 24.8 Å². The molecular weight excluding hydrogens is 463 g/mol. The average molecular weight is 491 g/mol. The van der Waals surface area contributed by atoms with E-state index >= 15 is 0 Å². The van der Waals surface area contributed by atoms with Crippen LogP contribution in [0.5, 0.6) is 0 Å².